The van der Waals surface area contributed by atoms with Gasteiger partial charge in [-0.25, -0.2) is 0 Å². The highest BCUT2D eigenvalue weighted by atomic mass is 32.2. The topological polar surface area (TPSA) is 87.7 Å². The molecule has 3 rings (SSSR count). The van der Waals surface area contributed by atoms with Crippen LogP contribution in [0.25, 0.3) is 6.08 Å². The molecule has 1 saturated heterocycles. The Hall–Kier alpha value is -3.17. The maximum atomic E-state index is 12.7. The average Bonchev–Trinajstić information content (AvgIpc) is 3.03. The fourth-order valence-electron chi connectivity index (χ4n) is 2.92. The van der Waals surface area contributed by atoms with Crippen molar-refractivity contribution in [3.63, 3.8) is 0 Å². The second kappa shape index (κ2) is 10.2. The molecule has 3 amide bonds. The van der Waals surface area contributed by atoms with Gasteiger partial charge in [0, 0.05) is 24.1 Å². The lowest BCUT2D eigenvalue weighted by Crippen LogP contribution is -2.43. The van der Waals surface area contributed by atoms with Gasteiger partial charge in [0.05, 0.1) is 12.0 Å². The van der Waals surface area contributed by atoms with Gasteiger partial charge in [0.25, 0.3) is 11.8 Å². The van der Waals surface area contributed by atoms with E-state index in [1.54, 1.807) is 25.3 Å². The number of rotatable bonds is 6. The molecule has 0 spiro atoms. The van der Waals surface area contributed by atoms with Crippen molar-refractivity contribution in [3.05, 3.63) is 70.1 Å². The molecule has 1 heterocycles. The summed E-state index contributed by atoms with van der Waals surface area (Å²) >= 11 is 6.48. The first-order valence-electron chi connectivity index (χ1n) is 9.44. The van der Waals surface area contributed by atoms with E-state index in [2.05, 4.69) is 10.9 Å². The SMILES string of the molecule is COc1ccccc1C=C1SC(=S)N(CCC(=O)NNC(=O)c2ccccc2C)C1=O. The van der Waals surface area contributed by atoms with Crippen LogP contribution >= 0.6 is 24.0 Å². The number of hydrogen-bond donors (Lipinski definition) is 2. The number of ether oxygens (including phenoxy) is 1. The van der Waals surface area contributed by atoms with E-state index in [-0.39, 0.29) is 18.9 Å². The number of hydrazine groups is 1. The van der Waals surface area contributed by atoms with Gasteiger partial charge in [0.15, 0.2) is 0 Å². The number of para-hydroxylation sites is 1. The van der Waals surface area contributed by atoms with Crippen LogP contribution in [0.3, 0.4) is 0 Å². The summed E-state index contributed by atoms with van der Waals surface area (Å²) in [7, 11) is 1.56. The molecular weight excluding hydrogens is 434 g/mol. The smallest absolute Gasteiger partial charge is 0.269 e. The van der Waals surface area contributed by atoms with Crippen molar-refractivity contribution in [1.82, 2.24) is 15.8 Å². The molecule has 0 bridgehead atoms. The summed E-state index contributed by atoms with van der Waals surface area (Å²) < 4.78 is 5.69. The van der Waals surface area contributed by atoms with E-state index in [0.29, 0.717) is 20.5 Å². The van der Waals surface area contributed by atoms with E-state index in [0.717, 1.165) is 11.1 Å². The van der Waals surface area contributed by atoms with Crippen molar-refractivity contribution < 1.29 is 19.1 Å². The van der Waals surface area contributed by atoms with E-state index >= 15 is 0 Å². The molecule has 1 aliphatic rings. The lowest BCUT2D eigenvalue weighted by Gasteiger charge is -2.14. The van der Waals surface area contributed by atoms with E-state index in [1.807, 2.05) is 43.3 Å². The molecule has 31 heavy (non-hydrogen) atoms. The Morgan fingerprint density at radius 1 is 1.13 bits per heavy atom. The molecule has 0 aromatic heterocycles. The fraction of sp³-hybridized carbons (Fsp3) is 0.182. The molecule has 2 N–H and O–H groups in total. The molecule has 160 valence electrons. The van der Waals surface area contributed by atoms with Crippen molar-refractivity contribution in [2.24, 2.45) is 0 Å². The molecule has 2 aromatic carbocycles. The number of carbonyl (C=O) groups is 3. The number of benzene rings is 2. The lowest BCUT2D eigenvalue weighted by atomic mass is 10.1. The highest BCUT2D eigenvalue weighted by molar-refractivity contribution is 8.26. The van der Waals surface area contributed by atoms with Crippen LogP contribution in [0.4, 0.5) is 0 Å². The number of nitrogens with zero attached hydrogens (tertiary/aromatic N) is 1. The van der Waals surface area contributed by atoms with E-state index in [4.69, 9.17) is 17.0 Å². The maximum absolute atomic E-state index is 12.7. The van der Waals surface area contributed by atoms with Crippen LogP contribution in [-0.2, 0) is 9.59 Å². The van der Waals surface area contributed by atoms with Crippen LogP contribution < -0.4 is 15.6 Å². The first-order valence-corrected chi connectivity index (χ1v) is 10.7. The van der Waals surface area contributed by atoms with Crippen LogP contribution in [-0.4, -0.2) is 40.6 Å². The summed E-state index contributed by atoms with van der Waals surface area (Å²) in [4.78, 5) is 38.9. The van der Waals surface area contributed by atoms with Crippen molar-refractivity contribution in [1.29, 1.82) is 0 Å². The number of hydrogen-bond acceptors (Lipinski definition) is 6. The minimum absolute atomic E-state index is 0.0115. The zero-order valence-corrected chi connectivity index (χ0v) is 18.6. The monoisotopic (exact) mass is 455 g/mol. The van der Waals surface area contributed by atoms with Gasteiger partial charge in [-0.2, -0.15) is 0 Å². The highest BCUT2D eigenvalue weighted by Gasteiger charge is 2.32. The number of thiocarbonyl (C=S) groups is 1. The van der Waals surface area contributed by atoms with E-state index in [1.165, 1.54) is 16.7 Å². The molecular formula is C22H21N3O4S2. The van der Waals surface area contributed by atoms with Gasteiger partial charge < -0.3 is 4.74 Å². The standard InChI is InChI=1S/C22H21N3O4S2/c1-14-7-3-5-9-16(14)20(27)24-23-19(26)11-12-25-21(28)18(31-22(25)30)13-15-8-4-6-10-17(15)29-2/h3-10,13H,11-12H2,1-2H3,(H,23,26)(H,24,27). The molecule has 7 nitrogen and oxygen atoms in total. The minimum Gasteiger partial charge on any atom is -0.496 e. The molecule has 0 saturated carbocycles. The third-order valence-electron chi connectivity index (χ3n) is 4.57. The zero-order chi connectivity index (χ0) is 22.4. The summed E-state index contributed by atoms with van der Waals surface area (Å²) in [6.07, 6.45) is 1.71. The fourth-order valence-corrected chi connectivity index (χ4v) is 4.22. The van der Waals surface area contributed by atoms with Crippen LogP contribution in [0, 0.1) is 6.92 Å². The predicted molar refractivity (Wildman–Crippen MR) is 124 cm³/mol. The van der Waals surface area contributed by atoms with Gasteiger partial charge in [0.1, 0.15) is 10.1 Å². The normalized spacial score (nSPS) is 14.6. The molecule has 0 radical (unpaired) electrons. The highest BCUT2D eigenvalue weighted by Crippen LogP contribution is 2.34. The summed E-state index contributed by atoms with van der Waals surface area (Å²) in [5.41, 5.74) is 6.80. The predicted octanol–water partition coefficient (Wildman–Crippen LogP) is 3.06. The van der Waals surface area contributed by atoms with Gasteiger partial charge >= 0.3 is 0 Å². The van der Waals surface area contributed by atoms with Crippen molar-refractivity contribution in [2.45, 2.75) is 13.3 Å². The number of thioether (sulfide) groups is 1. The third-order valence-corrected chi connectivity index (χ3v) is 5.94. The number of nitrogens with one attached hydrogen (secondary N) is 2. The van der Waals surface area contributed by atoms with Crippen molar-refractivity contribution in [3.8, 4) is 5.75 Å². The van der Waals surface area contributed by atoms with Crippen LogP contribution in [0.2, 0.25) is 0 Å². The number of methoxy groups -OCH3 is 1. The van der Waals surface area contributed by atoms with Crippen molar-refractivity contribution >= 4 is 52.1 Å². The quantitative estimate of drug-likeness (QED) is 0.396. The summed E-state index contributed by atoms with van der Waals surface area (Å²) in [6.45, 7) is 1.92. The minimum atomic E-state index is -0.426. The Balaban J connectivity index is 1.55. The van der Waals surface area contributed by atoms with Gasteiger partial charge in [-0.15, -0.1) is 0 Å². The molecule has 1 fully saturated rings. The zero-order valence-electron chi connectivity index (χ0n) is 17.0. The summed E-state index contributed by atoms with van der Waals surface area (Å²) in [6, 6.07) is 14.4. The van der Waals surface area contributed by atoms with E-state index in [9.17, 15) is 14.4 Å². The second-order valence-corrected chi connectivity index (χ2v) is 8.32. The number of amides is 3. The Bertz CT molecular complexity index is 1070. The number of carbonyl (C=O) groups excluding carboxylic acids is 3. The molecule has 1 aliphatic heterocycles. The van der Waals surface area contributed by atoms with Crippen LogP contribution in [0.15, 0.2) is 53.4 Å². The summed E-state index contributed by atoms with van der Waals surface area (Å²) in [5, 5.41) is 0. The van der Waals surface area contributed by atoms with Gasteiger partial charge in [-0.1, -0.05) is 60.4 Å². The van der Waals surface area contributed by atoms with Gasteiger partial charge in [0.2, 0.25) is 5.91 Å². The molecule has 0 atom stereocenters. The first kappa shape index (κ1) is 22.5. The van der Waals surface area contributed by atoms with Crippen LogP contribution in [0.5, 0.6) is 5.75 Å². The van der Waals surface area contributed by atoms with E-state index < -0.39 is 11.8 Å². The molecule has 2 aromatic rings. The Labute approximate surface area is 189 Å². The third kappa shape index (κ3) is 5.50. The largest absolute Gasteiger partial charge is 0.496 e. The summed E-state index contributed by atoms with van der Waals surface area (Å²) in [5.74, 6) is -0.448. The second-order valence-electron chi connectivity index (χ2n) is 6.64. The molecule has 0 aliphatic carbocycles. The van der Waals surface area contributed by atoms with Crippen LogP contribution in [0.1, 0.15) is 27.9 Å². The Morgan fingerprint density at radius 3 is 2.58 bits per heavy atom. The maximum Gasteiger partial charge on any atom is 0.269 e. The van der Waals surface area contributed by atoms with Gasteiger partial charge in [-0.05, 0) is 30.7 Å². The Morgan fingerprint density at radius 2 is 1.84 bits per heavy atom. The lowest BCUT2D eigenvalue weighted by molar-refractivity contribution is -0.124. The average molecular weight is 456 g/mol. The first-order chi connectivity index (χ1) is 14.9. The molecule has 0 unspecified atom stereocenters. The molecule has 9 heteroatoms. The van der Waals surface area contributed by atoms with Crippen molar-refractivity contribution in [2.75, 3.05) is 13.7 Å². The Kier molecular flexibility index (Phi) is 7.43. The number of aryl methyl sites for hydroxylation is 1. The van der Waals surface area contributed by atoms with Gasteiger partial charge in [-0.3, -0.25) is 30.1 Å².